The average Bonchev–Trinajstić information content (AvgIpc) is 2.56. The molecule has 2 aromatic rings. The van der Waals surface area contributed by atoms with Crippen LogP contribution in [0.25, 0.3) is 0 Å². The van der Waals surface area contributed by atoms with Gasteiger partial charge in [-0.1, -0.05) is 18.2 Å². The number of nitrogens with zero attached hydrogens (tertiary/aromatic N) is 4. The summed E-state index contributed by atoms with van der Waals surface area (Å²) in [5.41, 5.74) is 1.11. The van der Waals surface area contributed by atoms with Crippen LogP contribution in [0.4, 0.5) is 17.3 Å². The zero-order valence-electron chi connectivity index (χ0n) is 11.7. The predicted octanol–water partition coefficient (Wildman–Crippen LogP) is 1.65. The Morgan fingerprint density at radius 1 is 1.05 bits per heavy atom. The van der Waals surface area contributed by atoms with Gasteiger partial charge in [-0.15, -0.1) is 0 Å². The molecule has 104 valence electrons. The minimum atomic E-state index is 0.857. The Morgan fingerprint density at radius 2 is 1.80 bits per heavy atom. The van der Waals surface area contributed by atoms with Crippen molar-refractivity contribution in [2.24, 2.45) is 0 Å². The molecule has 0 spiro atoms. The van der Waals surface area contributed by atoms with Gasteiger partial charge in [-0.2, -0.15) is 0 Å². The SMILES string of the molecule is CN(c1ccccc1)c1cnc(N2CCNCC2)cn1. The third-order valence-electron chi connectivity index (χ3n) is 3.55. The van der Waals surface area contributed by atoms with Crippen molar-refractivity contribution in [3.05, 3.63) is 42.7 Å². The van der Waals surface area contributed by atoms with Crippen molar-refractivity contribution in [2.75, 3.05) is 43.0 Å². The summed E-state index contributed by atoms with van der Waals surface area (Å²) in [5.74, 6) is 1.81. The molecule has 1 fully saturated rings. The molecular weight excluding hydrogens is 250 g/mol. The number of anilines is 3. The van der Waals surface area contributed by atoms with E-state index in [-0.39, 0.29) is 0 Å². The van der Waals surface area contributed by atoms with Crippen molar-refractivity contribution in [3.8, 4) is 0 Å². The summed E-state index contributed by atoms with van der Waals surface area (Å²) in [6.45, 7) is 3.99. The number of aromatic nitrogens is 2. The second kappa shape index (κ2) is 5.88. The van der Waals surface area contributed by atoms with Crippen LogP contribution in [0.15, 0.2) is 42.7 Å². The molecule has 0 atom stereocenters. The molecule has 3 rings (SSSR count). The van der Waals surface area contributed by atoms with E-state index in [9.17, 15) is 0 Å². The number of hydrogen-bond donors (Lipinski definition) is 1. The summed E-state index contributed by atoms with van der Waals surface area (Å²) in [5, 5.41) is 3.34. The molecule has 0 saturated carbocycles. The van der Waals surface area contributed by atoms with Gasteiger partial charge in [0.2, 0.25) is 0 Å². The smallest absolute Gasteiger partial charge is 0.151 e. The Hall–Kier alpha value is -2.14. The van der Waals surface area contributed by atoms with E-state index in [1.54, 1.807) is 0 Å². The highest BCUT2D eigenvalue weighted by Gasteiger charge is 2.12. The monoisotopic (exact) mass is 269 g/mol. The fraction of sp³-hybridized carbons (Fsp3) is 0.333. The molecule has 20 heavy (non-hydrogen) atoms. The van der Waals surface area contributed by atoms with Gasteiger partial charge < -0.3 is 15.1 Å². The van der Waals surface area contributed by atoms with E-state index in [0.29, 0.717) is 0 Å². The molecule has 1 saturated heterocycles. The number of piperazine rings is 1. The van der Waals surface area contributed by atoms with Gasteiger partial charge in [0.25, 0.3) is 0 Å². The largest absolute Gasteiger partial charge is 0.353 e. The van der Waals surface area contributed by atoms with Gasteiger partial charge in [-0.25, -0.2) is 9.97 Å². The van der Waals surface area contributed by atoms with E-state index in [2.05, 4.69) is 32.3 Å². The van der Waals surface area contributed by atoms with Crippen LogP contribution in [0, 0.1) is 0 Å². The third kappa shape index (κ3) is 2.72. The molecule has 1 aliphatic heterocycles. The molecule has 1 aromatic carbocycles. The van der Waals surface area contributed by atoms with Gasteiger partial charge >= 0.3 is 0 Å². The lowest BCUT2D eigenvalue weighted by molar-refractivity contribution is 0.584. The molecule has 1 aliphatic rings. The Bertz CT molecular complexity index is 534. The first kappa shape index (κ1) is 12.9. The fourth-order valence-corrected chi connectivity index (χ4v) is 2.33. The predicted molar refractivity (Wildman–Crippen MR) is 81.6 cm³/mol. The summed E-state index contributed by atoms with van der Waals surface area (Å²) in [7, 11) is 2.00. The van der Waals surface area contributed by atoms with Crippen LogP contribution in [0.1, 0.15) is 0 Å². The quantitative estimate of drug-likeness (QED) is 0.918. The van der Waals surface area contributed by atoms with Crippen LogP contribution < -0.4 is 15.1 Å². The van der Waals surface area contributed by atoms with Crippen LogP contribution in [-0.4, -0.2) is 43.2 Å². The van der Waals surface area contributed by atoms with Crippen molar-refractivity contribution >= 4 is 17.3 Å². The molecule has 0 bridgehead atoms. The molecule has 0 radical (unpaired) electrons. The summed E-state index contributed by atoms with van der Waals surface area (Å²) in [4.78, 5) is 13.4. The first-order valence-corrected chi connectivity index (χ1v) is 6.91. The van der Waals surface area contributed by atoms with Crippen LogP contribution in [0.2, 0.25) is 0 Å². The Labute approximate surface area is 119 Å². The molecule has 2 heterocycles. The van der Waals surface area contributed by atoms with E-state index in [0.717, 1.165) is 43.5 Å². The maximum absolute atomic E-state index is 4.54. The zero-order chi connectivity index (χ0) is 13.8. The molecule has 1 aromatic heterocycles. The van der Waals surface area contributed by atoms with Gasteiger partial charge in [0.1, 0.15) is 5.82 Å². The second-order valence-corrected chi connectivity index (χ2v) is 4.86. The van der Waals surface area contributed by atoms with Crippen molar-refractivity contribution in [1.29, 1.82) is 0 Å². The molecule has 0 unspecified atom stereocenters. The van der Waals surface area contributed by atoms with Crippen molar-refractivity contribution < 1.29 is 0 Å². The standard InChI is InChI=1S/C15H19N5/c1-19(13-5-3-2-4-6-13)14-11-18-15(12-17-14)20-9-7-16-8-10-20/h2-6,11-12,16H,7-10H2,1H3. The first-order valence-electron chi connectivity index (χ1n) is 6.91. The van der Waals surface area contributed by atoms with Gasteiger partial charge in [0.05, 0.1) is 12.4 Å². The summed E-state index contributed by atoms with van der Waals surface area (Å²) in [6, 6.07) is 10.2. The lowest BCUT2D eigenvalue weighted by Crippen LogP contribution is -2.43. The highest BCUT2D eigenvalue weighted by atomic mass is 15.2. The second-order valence-electron chi connectivity index (χ2n) is 4.86. The summed E-state index contributed by atoms with van der Waals surface area (Å²) >= 11 is 0. The van der Waals surface area contributed by atoms with E-state index in [1.807, 2.05) is 42.5 Å². The number of rotatable bonds is 3. The lowest BCUT2D eigenvalue weighted by Gasteiger charge is -2.28. The Morgan fingerprint density at radius 3 is 2.45 bits per heavy atom. The molecule has 0 aliphatic carbocycles. The molecule has 5 heteroatoms. The number of hydrogen-bond acceptors (Lipinski definition) is 5. The Balaban J connectivity index is 1.75. The number of para-hydroxylation sites is 1. The number of nitrogens with one attached hydrogen (secondary N) is 1. The topological polar surface area (TPSA) is 44.3 Å². The third-order valence-corrected chi connectivity index (χ3v) is 3.55. The van der Waals surface area contributed by atoms with Gasteiger partial charge in [0, 0.05) is 38.9 Å². The minimum absolute atomic E-state index is 0.857. The maximum Gasteiger partial charge on any atom is 0.151 e. The highest BCUT2D eigenvalue weighted by Crippen LogP contribution is 2.21. The fourth-order valence-electron chi connectivity index (χ4n) is 2.33. The van der Waals surface area contributed by atoms with Crippen LogP contribution >= 0.6 is 0 Å². The van der Waals surface area contributed by atoms with Gasteiger partial charge in [-0.3, -0.25) is 0 Å². The van der Waals surface area contributed by atoms with E-state index < -0.39 is 0 Å². The molecule has 1 N–H and O–H groups in total. The van der Waals surface area contributed by atoms with Crippen molar-refractivity contribution in [3.63, 3.8) is 0 Å². The van der Waals surface area contributed by atoms with Crippen LogP contribution in [0.5, 0.6) is 0 Å². The maximum atomic E-state index is 4.54. The normalized spacial score (nSPS) is 15.2. The van der Waals surface area contributed by atoms with E-state index >= 15 is 0 Å². The molecule has 5 nitrogen and oxygen atoms in total. The van der Waals surface area contributed by atoms with Crippen molar-refractivity contribution in [1.82, 2.24) is 15.3 Å². The highest BCUT2D eigenvalue weighted by molar-refractivity contribution is 5.58. The Kier molecular flexibility index (Phi) is 3.78. The van der Waals surface area contributed by atoms with Gasteiger partial charge in [0.15, 0.2) is 5.82 Å². The van der Waals surface area contributed by atoms with E-state index in [1.165, 1.54) is 0 Å². The lowest BCUT2D eigenvalue weighted by atomic mass is 10.3. The summed E-state index contributed by atoms with van der Waals surface area (Å²) < 4.78 is 0. The number of benzene rings is 1. The van der Waals surface area contributed by atoms with Gasteiger partial charge in [-0.05, 0) is 12.1 Å². The minimum Gasteiger partial charge on any atom is -0.353 e. The van der Waals surface area contributed by atoms with Crippen molar-refractivity contribution in [2.45, 2.75) is 0 Å². The first-order chi connectivity index (χ1) is 9.84. The molecule has 0 amide bonds. The van der Waals surface area contributed by atoms with Crippen LogP contribution in [0.3, 0.4) is 0 Å². The summed E-state index contributed by atoms with van der Waals surface area (Å²) in [6.07, 6.45) is 3.70. The molecular formula is C15H19N5. The zero-order valence-corrected chi connectivity index (χ0v) is 11.7. The van der Waals surface area contributed by atoms with Crippen LogP contribution in [-0.2, 0) is 0 Å². The average molecular weight is 269 g/mol. The van der Waals surface area contributed by atoms with E-state index in [4.69, 9.17) is 0 Å².